The molecule has 1 N–H and O–H groups in total. The third-order valence-corrected chi connectivity index (χ3v) is 3.75. The van der Waals surface area contributed by atoms with Gasteiger partial charge in [-0.25, -0.2) is 0 Å². The van der Waals surface area contributed by atoms with Crippen molar-refractivity contribution in [3.63, 3.8) is 0 Å². The van der Waals surface area contributed by atoms with E-state index in [0.29, 0.717) is 6.04 Å². The van der Waals surface area contributed by atoms with Crippen LogP contribution >= 0.6 is 0 Å². The van der Waals surface area contributed by atoms with Crippen LogP contribution in [0.4, 0.5) is 5.69 Å². The van der Waals surface area contributed by atoms with E-state index in [9.17, 15) is 0 Å². The molecule has 0 unspecified atom stereocenters. The molecule has 3 nitrogen and oxygen atoms in total. The van der Waals surface area contributed by atoms with Crippen LogP contribution in [0.5, 0.6) is 0 Å². The average molecular weight is 240 g/mol. The van der Waals surface area contributed by atoms with Gasteiger partial charge in [0.05, 0.1) is 11.8 Å². The number of para-hydroxylation sites is 1. The number of nitrogens with one attached hydrogen (secondary N) is 1. The maximum absolute atomic E-state index is 8.89. The zero-order chi connectivity index (χ0) is 12.4. The standard InChI is InChI=1S/C15H16N2O/c16-9-11-5-7-12(8-6-11)17-14-10-18-15-4-2-1-3-13(14)15/h1-4,10-12,17H,5-8H2. The molecule has 18 heavy (non-hydrogen) atoms. The summed E-state index contributed by atoms with van der Waals surface area (Å²) in [5.74, 6) is 0.254. The number of anilines is 1. The Bertz CT molecular complexity index is 573. The summed E-state index contributed by atoms with van der Waals surface area (Å²) >= 11 is 0. The van der Waals surface area contributed by atoms with E-state index in [-0.39, 0.29) is 5.92 Å². The van der Waals surface area contributed by atoms with Crippen molar-refractivity contribution in [2.24, 2.45) is 5.92 Å². The Morgan fingerprint density at radius 1 is 1.17 bits per heavy atom. The van der Waals surface area contributed by atoms with Crippen molar-refractivity contribution in [3.05, 3.63) is 30.5 Å². The van der Waals surface area contributed by atoms with E-state index in [0.717, 1.165) is 42.3 Å². The monoisotopic (exact) mass is 240 g/mol. The second-order valence-electron chi connectivity index (χ2n) is 4.97. The molecule has 1 aliphatic rings. The van der Waals surface area contributed by atoms with Gasteiger partial charge in [-0.1, -0.05) is 12.1 Å². The number of rotatable bonds is 2. The lowest BCUT2D eigenvalue weighted by Gasteiger charge is -2.25. The molecule has 0 radical (unpaired) electrons. The Morgan fingerprint density at radius 2 is 1.94 bits per heavy atom. The number of hydrogen-bond acceptors (Lipinski definition) is 3. The molecule has 1 aromatic heterocycles. The summed E-state index contributed by atoms with van der Waals surface area (Å²) in [6.45, 7) is 0. The van der Waals surface area contributed by atoms with Crippen molar-refractivity contribution < 1.29 is 4.42 Å². The smallest absolute Gasteiger partial charge is 0.136 e. The van der Waals surface area contributed by atoms with E-state index in [1.54, 1.807) is 6.26 Å². The quantitative estimate of drug-likeness (QED) is 0.865. The highest BCUT2D eigenvalue weighted by atomic mass is 16.3. The fourth-order valence-electron chi connectivity index (χ4n) is 2.68. The van der Waals surface area contributed by atoms with Gasteiger partial charge in [0.2, 0.25) is 0 Å². The van der Waals surface area contributed by atoms with Crippen molar-refractivity contribution in [3.8, 4) is 6.07 Å². The average Bonchev–Trinajstić information content (AvgIpc) is 2.83. The normalized spacial score (nSPS) is 23.7. The van der Waals surface area contributed by atoms with Crippen molar-refractivity contribution >= 4 is 16.7 Å². The van der Waals surface area contributed by atoms with Crippen molar-refractivity contribution in [1.82, 2.24) is 0 Å². The number of fused-ring (bicyclic) bond motifs is 1. The van der Waals surface area contributed by atoms with Gasteiger partial charge in [0.25, 0.3) is 0 Å². The first kappa shape index (κ1) is 11.2. The van der Waals surface area contributed by atoms with E-state index in [1.807, 2.05) is 18.2 Å². The molecule has 0 aliphatic heterocycles. The van der Waals surface area contributed by atoms with E-state index in [1.165, 1.54) is 0 Å². The highest BCUT2D eigenvalue weighted by molar-refractivity contribution is 5.90. The zero-order valence-corrected chi connectivity index (χ0v) is 10.2. The van der Waals surface area contributed by atoms with E-state index >= 15 is 0 Å². The van der Waals surface area contributed by atoms with Crippen LogP contribution in [0.2, 0.25) is 0 Å². The highest BCUT2D eigenvalue weighted by Crippen LogP contribution is 2.30. The molecule has 0 amide bonds. The summed E-state index contributed by atoms with van der Waals surface area (Å²) in [4.78, 5) is 0. The molecular formula is C15H16N2O. The highest BCUT2D eigenvalue weighted by Gasteiger charge is 2.21. The topological polar surface area (TPSA) is 49.0 Å². The van der Waals surface area contributed by atoms with Gasteiger partial charge in [0.1, 0.15) is 11.8 Å². The number of furan rings is 1. The van der Waals surface area contributed by atoms with Crippen LogP contribution in [-0.2, 0) is 0 Å². The molecule has 3 rings (SSSR count). The maximum Gasteiger partial charge on any atom is 0.136 e. The summed E-state index contributed by atoms with van der Waals surface area (Å²) in [6.07, 6.45) is 5.93. The summed E-state index contributed by atoms with van der Waals surface area (Å²) in [5.41, 5.74) is 2.00. The number of benzene rings is 1. The fourth-order valence-corrected chi connectivity index (χ4v) is 2.68. The second kappa shape index (κ2) is 4.73. The summed E-state index contributed by atoms with van der Waals surface area (Å²) in [6, 6.07) is 10.9. The van der Waals surface area contributed by atoms with Crippen LogP contribution in [0.25, 0.3) is 11.0 Å². The van der Waals surface area contributed by atoms with Crippen molar-refractivity contribution in [2.75, 3.05) is 5.32 Å². The van der Waals surface area contributed by atoms with Gasteiger partial charge in [-0.15, -0.1) is 0 Å². The lowest BCUT2D eigenvalue weighted by atomic mass is 9.87. The van der Waals surface area contributed by atoms with Gasteiger partial charge in [-0.3, -0.25) is 0 Å². The Hall–Kier alpha value is -1.95. The number of nitriles is 1. The molecule has 0 bridgehead atoms. The summed E-state index contributed by atoms with van der Waals surface area (Å²) < 4.78 is 5.52. The van der Waals surface area contributed by atoms with Gasteiger partial charge < -0.3 is 9.73 Å². The van der Waals surface area contributed by atoms with Crippen LogP contribution in [0.15, 0.2) is 34.9 Å². The molecule has 1 heterocycles. The third kappa shape index (κ3) is 2.06. The SMILES string of the molecule is N#CC1CCC(Nc2coc3ccccc23)CC1. The Labute approximate surface area is 106 Å². The Morgan fingerprint density at radius 3 is 2.72 bits per heavy atom. The molecule has 1 aliphatic carbocycles. The molecule has 1 aromatic carbocycles. The van der Waals surface area contributed by atoms with Crippen LogP contribution < -0.4 is 5.32 Å². The molecular weight excluding hydrogens is 224 g/mol. The van der Waals surface area contributed by atoms with Crippen LogP contribution in [0.3, 0.4) is 0 Å². The molecule has 0 saturated heterocycles. The minimum absolute atomic E-state index is 0.254. The minimum atomic E-state index is 0.254. The van der Waals surface area contributed by atoms with Crippen LogP contribution in [0, 0.1) is 17.2 Å². The van der Waals surface area contributed by atoms with Gasteiger partial charge in [0, 0.05) is 17.3 Å². The van der Waals surface area contributed by atoms with Crippen molar-refractivity contribution in [2.45, 2.75) is 31.7 Å². The molecule has 0 atom stereocenters. The second-order valence-corrected chi connectivity index (χ2v) is 4.97. The lowest BCUT2D eigenvalue weighted by molar-refractivity contribution is 0.397. The first-order chi connectivity index (χ1) is 8.86. The number of nitrogens with zero attached hydrogens (tertiary/aromatic N) is 1. The van der Waals surface area contributed by atoms with Crippen LogP contribution in [0.1, 0.15) is 25.7 Å². The predicted molar refractivity (Wildman–Crippen MR) is 71.2 cm³/mol. The number of hydrogen-bond donors (Lipinski definition) is 1. The molecule has 2 aromatic rings. The summed E-state index contributed by atoms with van der Waals surface area (Å²) in [5, 5.41) is 13.6. The lowest BCUT2D eigenvalue weighted by Crippen LogP contribution is -2.25. The van der Waals surface area contributed by atoms with Gasteiger partial charge in [-0.2, -0.15) is 5.26 Å². The van der Waals surface area contributed by atoms with E-state index in [2.05, 4.69) is 17.5 Å². The first-order valence-corrected chi connectivity index (χ1v) is 6.49. The van der Waals surface area contributed by atoms with Crippen LogP contribution in [-0.4, -0.2) is 6.04 Å². The third-order valence-electron chi connectivity index (χ3n) is 3.75. The largest absolute Gasteiger partial charge is 0.462 e. The molecule has 0 spiro atoms. The molecule has 1 fully saturated rings. The molecule has 3 heteroatoms. The predicted octanol–water partition coefficient (Wildman–Crippen LogP) is 3.93. The minimum Gasteiger partial charge on any atom is -0.462 e. The zero-order valence-electron chi connectivity index (χ0n) is 10.2. The van der Waals surface area contributed by atoms with E-state index < -0.39 is 0 Å². The fraction of sp³-hybridized carbons (Fsp3) is 0.400. The van der Waals surface area contributed by atoms with Gasteiger partial charge in [0.15, 0.2) is 0 Å². The first-order valence-electron chi connectivity index (χ1n) is 6.49. The maximum atomic E-state index is 8.89. The summed E-state index contributed by atoms with van der Waals surface area (Å²) in [7, 11) is 0. The van der Waals surface area contributed by atoms with Crippen molar-refractivity contribution in [1.29, 1.82) is 5.26 Å². The Balaban J connectivity index is 1.72. The van der Waals surface area contributed by atoms with Gasteiger partial charge in [-0.05, 0) is 37.8 Å². The van der Waals surface area contributed by atoms with Gasteiger partial charge >= 0.3 is 0 Å². The molecule has 1 saturated carbocycles. The van der Waals surface area contributed by atoms with E-state index in [4.69, 9.17) is 9.68 Å². The Kier molecular flexibility index (Phi) is 2.93. The molecule has 92 valence electrons.